The van der Waals surface area contributed by atoms with Gasteiger partial charge in [0, 0.05) is 22.3 Å². The molecule has 2 nitrogen and oxygen atoms in total. The zero-order valence-electron chi connectivity index (χ0n) is 39.0. The number of Topliss-reactive ketones (excluding diaryl/α,β-unsaturated/α-hetero) is 2. The van der Waals surface area contributed by atoms with Crippen molar-refractivity contribution in [2.24, 2.45) is 5.92 Å². The van der Waals surface area contributed by atoms with Crippen molar-refractivity contribution in [2.75, 3.05) is 0 Å². The number of hydrogen-bond acceptors (Lipinski definition) is 2. The lowest BCUT2D eigenvalue weighted by Crippen LogP contribution is -2.20. The highest BCUT2D eigenvalue weighted by Gasteiger charge is 2.28. The van der Waals surface area contributed by atoms with Gasteiger partial charge in [0.1, 0.15) is 0 Å². The largest absolute Gasteiger partial charge is 0.289 e. The fourth-order valence-corrected chi connectivity index (χ4v) is 7.60. The Labute approximate surface area is 357 Å². The van der Waals surface area contributed by atoms with E-state index in [2.05, 4.69) is 118 Å². The first-order valence-corrected chi connectivity index (χ1v) is 22.8. The van der Waals surface area contributed by atoms with Crippen LogP contribution in [-0.4, -0.2) is 11.6 Å². The van der Waals surface area contributed by atoms with Crippen molar-refractivity contribution in [1.82, 2.24) is 0 Å². The van der Waals surface area contributed by atoms with Crippen LogP contribution < -0.4 is 0 Å². The number of benzene rings is 1. The Morgan fingerprint density at radius 1 is 0.466 bits per heavy atom. The zero-order valence-corrected chi connectivity index (χ0v) is 39.0. The standard InChI is InChI=1S/C56H82O2/c1-42(2)22-14-23-43(3)24-15-25-44(4)26-16-27-45(5)28-17-29-46(6)30-18-31-47(7)32-19-33-48(8)34-20-35-49(9)36-21-37-50(10)40-41-52-51(11)55(57)53-38-12-13-39-54(53)56(52)58/h12-13,22,24,26,28,30,32,34,38-40,49H,14-21,23,25,27,29,31,33,35-37,41H2,1-11H3. The van der Waals surface area contributed by atoms with Crippen molar-refractivity contribution in [3.63, 3.8) is 0 Å². The molecule has 2 rings (SSSR count). The molecule has 1 aliphatic carbocycles. The summed E-state index contributed by atoms with van der Waals surface area (Å²) in [6.07, 6.45) is 39.4. The molecule has 0 aromatic heterocycles. The van der Waals surface area contributed by atoms with Crippen molar-refractivity contribution in [3.05, 3.63) is 140 Å². The molecule has 1 aromatic rings. The molecule has 0 amide bonds. The minimum absolute atomic E-state index is 0.00329. The van der Waals surface area contributed by atoms with E-state index in [1.807, 2.05) is 12.1 Å². The first-order chi connectivity index (χ1) is 27.7. The maximum absolute atomic E-state index is 13.0. The lowest BCUT2D eigenvalue weighted by molar-refractivity contribution is 0.0973. The molecule has 0 saturated heterocycles. The number of carbonyl (C=O) groups is 2. The van der Waals surface area contributed by atoms with Gasteiger partial charge in [-0.2, -0.15) is 0 Å². The van der Waals surface area contributed by atoms with Crippen LogP contribution in [0.4, 0.5) is 0 Å². The van der Waals surface area contributed by atoms with Crippen LogP contribution in [0, 0.1) is 5.92 Å². The topological polar surface area (TPSA) is 34.1 Å². The van der Waals surface area contributed by atoms with Gasteiger partial charge in [-0.1, -0.05) is 131 Å². The van der Waals surface area contributed by atoms with Gasteiger partial charge in [-0.3, -0.25) is 9.59 Å². The summed E-state index contributed by atoms with van der Waals surface area (Å²) >= 11 is 0. The molecular weight excluding hydrogens is 705 g/mol. The normalized spacial score (nSPS) is 15.7. The van der Waals surface area contributed by atoms with Gasteiger partial charge >= 0.3 is 0 Å². The van der Waals surface area contributed by atoms with E-state index in [1.54, 1.807) is 19.1 Å². The van der Waals surface area contributed by atoms with Crippen molar-refractivity contribution < 1.29 is 9.59 Å². The van der Waals surface area contributed by atoms with E-state index in [9.17, 15) is 9.59 Å². The first-order valence-electron chi connectivity index (χ1n) is 22.8. The molecule has 1 aliphatic rings. The van der Waals surface area contributed by atoms with Crippen LogP contribution in [-0.2, 0) is 0 Å². The third-order valence-corrected chi connectivity index (χ3v) is 11.8. The number of rotatable bonds is 27. The van der Waals surface area contributed by atoms with E-state index in [1.165, 1.54) is 76.7 Å². The SMILES string of the molecule is CC(C)=CCCC(C)=CCCC(C)=CCCC(C)=CCCC(C)=CCCC(C)=CCCC(C)=CCCC(C)CCCC(C)=CCC1=C(C)C(=O)c2ccccc2C1=O. The Kier molecular flexibility index (Phi) is 24.8. The molecule has 0 N–H and O–H groups in total. The number of carbonyl (C=O) groups excluding carboxylic acids is 2. The minimum atomic E-state index is -0.0136. The highest BCUT2D eigenvalue weighted by molar-refractivity contribution is 6.26. The van der Waals surface area contributed by atoms with Gasteiger partial charge in [0.25, 0.3) is 0 Å². The second-order valence-electron chi connectivity index (χ2n) is 18.0. The van der Waals surface area contributed by atoms with Gasteiger partial charge in [-0.05, 0) is 184 Å². The number of fused-ring (bicyclic) bond motifs is 1. The molecule has 0 spiro atoms. The monoisotopic (exact) mass is 787 g/mol. The van der Waals surface area contributed by atoms with Crippen LogP contribution >= 0.6 is 0 Å². The van der Waals surface area contributed by atoms with E-state index in [-0.39, 0.29) is 11.6 Å². The molecule has 58 heavy (non-hydrogen) atoms. The Bertz CT molecular complexity index is 1750. The molecule has 2 heteroatoms. The second-order valence-corrected chi connectivity index (χ2v) is 18.0. The third-order valence-electron chi connectivity index (χ3n) is 11.8. The first kappa shape index (κ1) is 50.4. The summed E-state index contributed by atoms with van der Waals surface area (Å²) < 4.78 is 0. The minimum Gasteiger partial charge on any atom is -0.289 e. The Morgan fingerprint density at radius 2 is 0.828 bits per heavy atom. The highest BCUT2D eigenvalue weighted by Crippen LogP contribution is 2.29. The van der Waals surface area contributed by atoms with Crippen LogP contribution in [0.15, 0.2) is 129 Å². The molecule has 0 aliphatic heterocycles. The Morgan fingerprint density at radius 3 is 1.24 bits per heavy atom. The number of ketones is 2. The lowest BCUT2D eigenvalue weighted by Gasteiger charge is -2.18. The Hall–Kier alpha value is -3.78. The quantitative estimate of drug-likeness (QED) is 0.0833. The van der Waals surface area contributed by atoms with E-state index in [0.29, 0.717) is 34.6 Å². The van der Waals surface area contributed by atoms with Crippen LogP contribution in [0.25, 0.3) is 0 Å². The van der Waals surface area contributed by atoms with Gasteiger partial charge in [0.05, 0.1) is 0 Å². The molecule has 0 bridgehead atoms. The van der Waals surface area contributed by atoms with E-state index in [4.69, 9.17) is 0 Å². The zero-order chi connectivity index (χ0) is 42.9. The maximum Gasteiger partial charge on any atom is 0.190 e. The highest BCUT2D eigenvalue weighted by atomic mass is 16.1. The van der Waals surface area contributed by atoms with E-state index >= 15 is 0 Å². The number of allylic oxidation sites excluding steroid dienone is 18. The third kappa shape index (κ3) is 21.3. The summed E-state index contributed by atoms with van der Waals surface area (Å²) in [6.45, 7) is 24.4. The van der Waals surface area contributed by atoms with Gasteiger partial charge in [0.2, 0.25) is 0 Å². The summed E-state index contributed by atoms with van der Waals surface area (Å²) in [5.41, 5.74) is 14.1. The van der Waals surface area contributed by atoms with Gasteiger partial charge in [0.15, 0.2) is 11.6 Å². The average molecular weight is 787 g/mol. The lowest BCUT2D eigenvalue weighted by atomic mass is 9.83. The molecule has 0 radical (unpaired) electrons. The summed E-state index contributed by atoms with van der Waals surface area (Å²) in [5, 5.41) is 0. The fraction of sp³-hybridized carbons (Fsp3) is 0.536. The van der Waals surface area contributed by atoms with Crippen molar-refractivity contribution >= 4 is 11.6 Å². The average Bonchev–Trinajstić information content (AvgIpc) is 3.17. The van der Waals surface area contributed by atoms with Crippen molar-refractivity contribution in [1.29, 1.82) is 0 Å². The Balaban J connectivity index is 1.57. The molecular formula is C56H82O2. The molecule has 0 saturated carbocycles. The molecule has 0 fully saturated rings. The molecule has 1 atom stereocenters. The van der Waals surface area contributed by atoms with Crippen LogP contribution in [0.1, 0.15) is 212 Å². The summed E-state index contributed by atoms with van der Waals surface area (Å²) in [5.74, 6) is 0.686. The molecule has 1 unspecified atom stereocenters. The summed E-state index contributed by atoms with van der Waals surface area (Å²) in [6, 6.07) is 7.19. The predicted octanol–water partition coefficient (Wildman–Crippen LogP) is 17.6. The molecule has 1 aromatic carbocycles. The van der Waals surface area contributed by atoms with Crippen molar-refractivity contribution in [3.8, 4) is 0 Å². The molecule has 0 heterocycles. The molecule has 318 valence electrons. The second kappa shape index (κ2) is 28.6. The van der Waals surface area contributed by atoms with Crippen molar-refractivity contribution in [2.45, 2.75) is 192 Å². The van der Waals surface area contributed by atoms with Crippen LogP contribution in [0.5, 0.6) is 0 Å². The van der Waals surface area contributed by atoms with E-state index < -0.39 is 0 Å². The maximum atomic E-state index is 13.0. The summed E-state index contributed by atoms with van der Waals surface area (Å²) in [4.78, 5) is 25.8. The van der Waals surface area contributed by atoms with Crippen LogP contribution in [0.3, 0.4) is 0 Å². The fourth-order valence-electron chi connectivity index (χ4n) is 7.60. The smallest absolute Gasteiger partial charge is 0.190 e. The van der Waals surface area contributed by atoms with Gasteiger partial charge in [-0.25, -0.2) is 0 Å². The number of hydrogen-bond donors (Lipinski definition) is 0. The van der Waals surface area contributed by atoms with Crippen LogP contribution in [0.2, 0.25) is 0 Å². The van der Waals surface area contributed by atoms with Gasteiger partial charge < -0.3 is 0 Å². The van der Waals surface area contributed by atoms with E-state index in [0.717, 1.165) is 77.0 Å². The van der Waals surface area contributed by atoms with Gasteiger partial charge in [-0.15, -0.1) is 0 Å². The predicted molar refractivity (Wildman–Crippen MR) is 256 cm³/mol. The summed E-state index contributed by atoms with van der Waals surface area (Å²) in [7, 11) is 0.